The van der Waals surface area contributed by atoms with Gasteiger partial charge in [0.1, 0.15) is 16.9 Å². The van der Waals surface area contributed by atoms with E-state index in [1.54, 1.807) is 12.4 Å². The maximum Gasteiger partial charge on any atom is 0.257 e. The fourth-order valence-electron chi connectivity index (χ4n) is 3.42. The lowest BCUT2D eigenvalue weighted by Gasteiger charge is -2.05. The lowest BCUT2D eigenvalue weighted by atomic mass is 10.2. The van der Waals surface area contributed by atoms with Crippen molar-refractivity contribution in [2.75, 3.05) is 5.73 Å². The van der Waals surface area contributed by atoms with Gasteiger partial charge >= 0.3 is 0 Å². The first-order chi connectivity index (χ1) is 15.7. The molecule has 0 aliphatic carbocycles. The van der Waals surface area contributed by atoms with Gasteiger partial charge in [0, 0.05) is 12.7 Å². The van der Waals surface area contributed by atoms with E-state index in [0.717, 1.165) is 5.56 Å². The number of para-hydroxylation sites is 2. The zero-order valence-electron chi connectivity index (χ0n) is 17.0. The van der Waals surface area contributed by atoms with Crippen molar-refractivity contribution in [1.29, 1.82) is 0 Å². The molecule has 0 spiro atoms. The third-order valence-corrected chi connectivity index (χ3v) is 4.99. The summed E-state index contributed by atoms with van der Waals surface area (Å²) < 4.78 is 1.43. The molecule has 8 nitrogen and oxygen atoms in total. The lowest BCUT2D eigenvalue weighted by Crippen LogP contribution is -2.23. The molecule has 0 fully saturated rings. The number of anilines is 1. The molecule has 3 aromatic heterocycles. The van der Waals surface area contributed by atoms with Gasteiger partial charge in [-0.1, -0.05) is 48.5 Å². The van der Waals surface area contributed by atoms with Crippen molar-refractivity contribution in [2.45, 2.75) is 6.54 Å². The topological polar surface area (TPSA) is 111 Å². The Hall–Kier alpha value is -4.59. The van der Waals surface area contributed by atoms with Gasteiger partial charge in [-0.25, -0.2) is 9.97 Å². The van der Waals surface area contributed by atoms with Crippen LogP contribution in [0.25, 0.3) is 22.2 Å². The number of rotatable bonds is 5. The highest BCUT2D eigenvalue weighted by Gasteiger charge is 2.24. The zero-order chi connectivity index (χ0) is 21.9. The van der Waals surface area contributed by atoms with E-state index in [4.69, 9.17) is 5.73 Å². The summed E-state index contributed by atoms with van der Waals surface area (Å²) in [5.41, 5.74) is 10.4. The minimum absolute atomic E-state index is 0.160. The molecule has 0 aliphatic rings. The molecule has 2 aromatic carbocycles. The van der Waals surface area contributed by atoms with Gasteiger partial charge in [-0.15, -0.1) is 0 Å². The quantitative estimate of drug-likeness (QED) is 0.423. The molecule has 8 heteroatoms. The molecule has 0 atom stereocenters. The van der Waals surface area contributed by atoms with E-state index in [1.807, 2.05) is 72.8 Å². The van der Waals surface area contributed by atoms with E-state index >= 15 is 0 Å². The van der Waals surface area contributed by atoms with Crippen molar-refractivity contribution in [3.8, 4) is 0 Å². The number of hydrogen-bond acceptors (Lipinski definition) is 6. The van der Waals surface area contributed by atoms with Gasteiger partial charge in [-0.05, 0) is 29.8 Å². The fraction of sp³-hybridized carbons (Fsp3) is 0.0417. The molecule has 0 unspecified atom stereocenters. The minimum atomic E-state index is -0.340. The number of aromatic nitrogens is 4. The SMILES string of the molecule is Nc1c(C(=O)NCc2ccccc2)c2nc3ccccc3nc2n1/N=C/c1ccccn1. The summed E-state index contributed by atoms with van der Waals surface area (Å²) in [6, 6.07) is 22.6. The van der Waals surface area contributed by atoms with E-state index in [2.05, 4.69) is 25.4 Å². The summed E-state index contributed by atoms with van der Waals surface area (Å²) in [7, 11) is 0. The summed E-state index contributed by atoms with van der Waals surface area (Å²) in [6.07, 6.45) is 3.24. The van der Waals surface area contributed by atoms with E-state index in [1.165, 1.54) is 4.68 Å². The second kappa shape index (κ2) is 8.27. The van der Waals surface area contributed by atoms with Gasteiger partial charge in [-0.2, -0.15) is 9.78 Å². The number of nitrogens with one attached hydrogen (secondary N) is 1. The molecule has 0 saturated carbocycles. The monoisotopic (exact) mass is 421 g/mol. The Kier molecular flexibility index (Phi) is 5.01. The number of carbonyl (C=O) groups is 1. The van der Waals surface area contributed by atoms with Crippen LogP contribution in [0.5, 0.6) is 0 Å². The summed E-state index contributed by atoms with van der Waals surface area (Å²) in [6.45, 7) is 0.365. The lowest BCUT2D eigenvalue weighted by molar-refractivity contribution is 0.0953. The van der Waals surface area contributed by atoms with Gasteiger partial charge < -0.3 is 11.1 Å². The Balaban J connectivity index is 1.61. The number of nitrogens with two attached hydrogens (primary N) is 1. The molecule has 0 aliphatic heterocycles. The van der Waals surface area contributed by atoms with Gasteiger partial charge in [0.2, 0.25) is 0 Å². The number of benzene rings is 2. The second-order valence-electron chi connectivity index (χ2n) is 7.12. The molecule has 0 radical (unpaired) electrons. The largest absolute Gasteiger partial charge is 0.383 e. The Morgan fingerprint density at radius 1 is 0.969 bits per heavy atom. The highest BCUT2D eigenvalue weighted by atomic mass is 16.1. The van der Waals surface area contributed by atoms with Gasteiger partial charge in [0.15, 0.2) is 5.65 Å². The van der Waals surface area contributed by atoms with Crippen molar-refractivity contribution in [3.63, 3.8) is 0 Å². The van der Waals surface area contributed by atoms with Crippen LogP contribution in [0, 0.1) is 0 Å². The molecular formula is C24H19N7O. The van der Waals surface area contributed by atoms with Crippen molar-refractivity contribution in [1.82, 2.24) is 24.9 Å². The zero-order valence-corrected chi connectivity index (χ0v) is 17.0. The third-order valence-electron chi connectivity index (χ3n) is 4.99. The molecule has 32 heavy (non-hydrogen) atoms. The Labute approximate surface area is 183 Å². The van der Waals surface area contributed by atoms with Crippen LogP contribution in [-0.2, 0) is 6.54 Å². The van der Waals surface area contributed by atoms with E-state index in [9.17, 15) is 4.79 Å². The third kappa shape index (κ3) is 3.65. The van der Waals surface area contributed by atoms with Crippen LogP contribution in [0.4, 0.5) is 5.82 Å². The van der Waals surface area contributed by atoms with Crippen LogP contribution >= 0.6 is 0 Å². The number of amides is 1. The van der Waals surface area contributed by atoms with Crippen LogP contribution < -0.4 is 11.1 Å². The van der Waals surface area contributed by atoms with Crippen LogP contribution in [0.2, 0.25) is 0 Å². The number of carbonyl (C=O) groups excluding carboxylic acids is 1. The van der Waals surface area contributed by atoms with E-state index < -0.39 is 0 Å². The maximum atomic E-state index is 13.1. The van der Waals surface area contributed by atoms with Gasteiger partial charge in [-0.3, -0.25) is 9.78 Å². The second-order valence-corrected chi connectivity index (χ2v) is 7.12. The number of nitrogen functional groups attached to an aromatic ring is 1. The summed E-state index contributed by atoms with van der Waals surface area (Å²) in [5.74, 6) is -0.180. The average Bonchev–Trinajstić information content (AvgIpc) is 3.11. The van der Waals surface area contributed by atoms with Crippen LogP contribution in [0.3, 0.4) is 0 Å². The molecule has 0 bridgehead atoms. The predicted octanol–water partition coefficient (Wildman–Crippen LogP) is 3.37. The van der Waals surface area contributed by atoms with Crippen LogP contribution in [0.1, 0.15) is 21.6 Å². The summed E-state index contributed by atoms with van der Waals surface area (Å²) >= 11 is 0. The van der Waals surface area contributed by atoms with E-state index in [-0.39, 0.29) is 17.3 Å². The fourth-order valence-corrected chi connectivity index (χ4v) is 3.42. The van der Waals surface area contributed by atoms with E-state index in [0.29, 0.717) is 34.4 Å². The summed E-state index contributed by atoms with van der Waals surface area (Å²) in [5, 5.41) is 7.37. The number of nitrogens with zero attached hydrogens (tertiary/aromatic N) is 5. The molecule has 3 heterocycles. The van der Waals surface area contributed by atoms with Gasteiger partial charge in [0.05, 0.1) is 22.9 Å². The van der Waals surface area contributed by atoms with Crippen LogP contribution in [0.15, 0.2) is 84.1 Å². The van der Waals surface area contributed by atoms with Crippen molar-refractivity contribution in [2.24, 2.45) is 5.10 Å². The highest BCUT2D eigenvalue weighted by Crippen LogP contribution is 2.27. The van der Waals surface area contributed by atoms with Crippen molar-refractivity contribution < 1.29 is 4.79 Å². The van der Waals surface area contributed by atoms with Crippen LogP contribution in [-0.4, -0.2) is 31.7 Å². The smallest absolute Gasteiger partial charge is 0.257 e. The highest BCUT2D eigenvalue weighted by molar-refractivity contribution is 6.10. The van der Waals surface area contributed by atoms with Crippen molar-refractivity contribution in [3.05, 3.63) is 95.8 Å². The number of pyridine rings is 1. The first-order valence-corrected chi connectivity index (χ1v) is 10.0. The Bertz CT molecular complexity index is 1440. The molecule has 3 N–H and O–H groups in total. The van der Waals surface area contributed by atoms with Gasteiger partial charge in [0.25, 0.3) is 5.91 Å². The molecular weight excluding hydrogens is 402 g/mol. The first-order valence-electron chi connectivity index (χ1n) is 10.0. The molecule has 0 saturated heterocycles. The first kappa shape index (κ1) is 19.4. The Morgan fingerprint density at radius 2 is 1.69 bits per heavy atom. The minimum Gasteiger partial charge on any atom is -0.383 e. The molecule has 156 valence electrons. The number of fused-ring (bicyclic) bond motifs is 2. The molecule has 5 rings (SSSR count). The summed E-state index contributed by atoms with van der Waals surface area (Å²) in [4.78, 5) is 26.7. The maximum absolute atomic E-state index is 13.1. The number of hydrogen-bond donors (Lipinski definition) is 2. The molecule has 1 amide bonds. The Morgan fingerprint density at radius 3 is 2.44 bits per heavy atom. The predicted molar refractivity (Wildman–Crippen MR) is 124 cm³/mol. The van der Waals surface area contributed by atoms with Crippen molar-refractivity contribution >= 4 is 40.1 Å². The standard InChI is InChI=1S/C24H19N7O/c25-22-20(24(32)27-14-16-8-2-1-3-9-16)21-23(30-19-12-5-4-11-18(19)29-21)31(22)28-15-17-10-6-7-13-26-17/h1-13,15H,14,25H2,(H,27,32)/b28-15+. The normalized spacial score (nSPS) is 11.4. The molecule has 5 aromatic rings. The average molecular weight is 421 g/mol.